The van der Waals surface area contributed by atoms with E-state index in [2.05, 4.69) is 15.2 Å². The topological polar surface area (TPSA) is 154 Å². The summed E-state index contributed by atoms with van der Waals surface area (Å²) < 4.78 is 40.0. The summed E-state index contributed by atoms with van der Waals surface area (Å²) in [4.78, 5) is 29.5. The molecule has 41 heavy (non-hydrogen) atoms. The third-order valence-corrected chi connectivity index (χ3v) is 8.60. The first-order valence-corrected chi connectivity index (χ1v) is 14.6. The molecular formula is C28H35N5O7S. The van der Waals surface area contributed by atoms with Crippen molar-refractivity contribution in [1.29, 1.82) is 0 Å². The molecule has 1 aliphatic rings. The Kier molecular flexibility index (Phi) is 8.88. The van der Waals surface area contributed by atoms with E-state index >= 15 is 0 Å². The van der Waals surface area contributed by atoms with Gasteiger partial charge in [0.2, 0.25) is 0 Å². The number of nitrogens with zero attached hydrogens (tertiary/aromatic N) is 3. The number of likely N-dealkylation sites (N-methyl/N-ethyl adjacent to an activating group) is 1. The highest BCUT2D eigenvalue weighted by atomic mass is 32.2. The Morgan fingerprint density at radius 3 is 2.54 bits per heavy atom. The van der Waals surface area contributed by atoms with Gasteiger partial charge in [-0.15, -0.1) is 0 Å². The van der Waals surface area contributed by atoms with Crippen LogP contribution in [0.2, 0.25) is 0 Å². The first-order valence-electron chi connectivity index (χ1n) is 13.2. The molecule has 0 saturated carbocycles. The number of rotatable bonds is 8. The summed E-state index contributed by atoms with van der Waals surface area (Å²) in [6, 6.07) is 12.7. The van der Waals surface area contributed by atoms with Gasteiger partial charge in [-0.05, 0) is 51.1 Å². The van der Waals surface area contributed by atoms with Gasteiger partial charge in [0.15, 0.2) is 10.7 Å². The van der Waals surface area contributed by atoms with Gasteiger partial charge in [-0.25, -0.2) is 13.2 Å². The van der Waals surface area contributed by atoms with Crippen LogP contribution in [-0.2, 0) is 10.0 Å². The number of carbonyl (C=O) groups is 2. The van der Waals surface area contributed by atoms with E-state index in [4.69, 9.17) is 9.26 Å². The van der Waals surface area contributed by atoms with Crippen molar-refractivity contribution >= 4 is 33.3 Å². The highest BCUT2D eigenvalue weighted by molar-refractivity contribution is 7.92. The van der Waals surface area contributed by atoms with E-state index < -0.39 is 28.1 Å². The number of aryl methyl sites for hydroxylation is 2. The van der Waals surface area contributed by atoms with Crippen molar-refractivity contribution < 1.29 is 32.4 Å². The number of urea groups is 1. The number of fused-ring (bicyclic) bond motifs is 1. The Balaban J connectivity index is 1.63. The Bertz CT molecular complexity index is 1490. The number of anilines is 2. The molecule has 0 bridgehead atoms. The molecule has 0 saturated heterocycles. The molecule has 220 valence electrons. The van der Waals surface area contributed by atoms with Crippen molar-refractivity contribution in [2.75, 3.05) is 36.8 Å². The van der Waals surface area contributed by atoms with E-state index in [1.807, 2.05) is 25.1 Å². The van der Waals surface area contributed by atoms with E-state index in [1.54, 1.807) is 26.1 Å². The second-order valence-corrected chi connectivity index (χ2v) is 11.9. The minimum absolute atomic E-state index is 0.0759. The van der Waals surface area contributed by atoms with Crippen LogP contribution in [0.1, 0.15) is 35.7 Å². The Morgan fingerprint density at radius 2 is 1.90 bits per heavy atom. The fourth-order valence-electron chi connectivity index (χ4n) is 4.66. The van der Waals surface area contributed by atoms with E-state index in [0.717, 1.165) is 0 Å². The number of aliphatic hydroxyl groups excluding tert-OH is 1. The summed E-state index contributed by atoms with van der Waals surface area (Å²) in [5.41, 5.74) is 1.13. The molecule has 1 aliphatic heterocycles. The molecule has 0 fully saturated rings. The predicted octanol–water partition coefficient (Wildman–Crippen LogP) is 3.48. The number of amides is 3. The molecule has 3 aromatic rings. The van der Waals surface area contributed by atoms with Gasteiger partial charge in [0.1, 0.15) is 17.5 Å². The summed E-state index contributed by atoms with van der Waals surface area (Å²) >= 11 is 0. The van der Waals surface area contributed by atoms with Crippen LogP contribution >= 0.6 is 0 Å². The molecule has 0 aliphatic carbocycles. The lowest BCUT2D eigenvalue weighted by atomic mass is 9.99. The molecule has 12 nitrogen and oxygen atoms in total. The van der Waals surface area contributed by atoms with Crippen LogP contribution in [0.25, 0.3) is 0 Å². The minimum Gasteiger partial charge on any atom is -0.487 e. The minimum atomic E-state index is -4.06. The number of ether oxygens (including phenoxy) is 1. The zero-order valence-corrected chi connectivity index (χ0v) is 24.4. The van der Waals surface area contributed by atoms with Crippen molar-refractivity contribution in [1.82, 2.24) is 15.0 Å². The van der Waals surface area contributed by atoms with Crippen LogP contribution in [0.15, 0.2) is 57.9 Å². The maximum Gasteiger partial charge on any atom is 0.321 e. The standard InChI is InChI=1S/C28H35N5O7S/c1-17-14-33(18(2)16-34)27(35)23-13-22(31-41(37,38)26-19(3)30-40-20(26)4)11-12-24(23)39-25(17)15-32(5)28(36)29-21-9-7-6-8-10-21/h6-13,17-18,25,31,34H,14-16H2,1-5H3,(H,29,36)/t17-,18+,25+/m1/s1. The lowest BCUT2D eigenvalue weighted by Gasteiger charge is -2.38. The summed E-state index contributed by atoms with van der Waals surface area (Å²) in [6.45, 7) is 6.84. The lowest BCUT2D eigenvalue weighted by Crippen LogP contribution is -2.50. The molecule has 13 heteroatoms. The monoisotopic (exact) mass is 585 g/mol. The molecule has 0 spiro atoms. The van der Waals surface area contributed by atoms with Gasteiger partial charge in [-0.2, -0.15) is 0 Å². The zero-order valence-electron chi connectivity index (χ0n) is 23.6. The maximum absolute atomic E-state index is 13.7. The van der Waals surface area contributed by atoms with E-state index in [1.165, 1.54) is 41.8 Å². The quantitative estimate of drug-likeness (QED) is 0.363. The fraction of sp³-hybridized carbons (Fsp3) is 0.393. The van der Waals surface area contributed by atoms with E-state index in [0.29, 0.717) is 5.69 Å². The number of hydrogen-bond donors (Lipinski definition) is 3. The van der Waals surface area contributed by atoms with E-state index in [-0.39, 0.29) is 65.0 Å². The molecule has 3 amide bonds. The Labute approximate surface area is 239 Å². The SMILES string of the molecule is Cc1noc(C)c1S(=O)(=O)Nc1ccc2c(c1)C(=O)N([C@@H](C)CO)C[C@@H](C)[C@H](CN(C)C(=O)Nc1ccccc1)O2. The van der Waals surface area contributed by atoms with Crippen LogP contribution in [-0.4, -0.2) is 79.3 Å². The second kappa shape index (κ2) is 12.2. The van der Waals surface area contributed by atoms with Gasteiger partial charge < -0.3 is 29.5 Å². The average Bonchev–Trinajstić information content (AvgIpc) is 3.29. The number of sulfonamides is 1. The molecular weight excluding hydrogens is 550 g/mol. The average molecular weight is 586 g/mol. The molecule has 0 radical (unpaired) electrons. The van der Waals surface area contributed by atoms with Crippen LogP contribution < -0.4 is 14.8 Å². The summed E-state index contributed by atoms with van der Waals surface area (Å²) in [5.74, 6) is -0.258. The molecule has 4 rings (SSSR count). The van der Waals surface area contributed by atoms with Gasteiger partial charge in [0.05, 0.1) is 24.8 Å². The van der Waals surface area contributed by atoms with Gasteiger partial charge in [0, 0.05) is 30.9 Å². The number of carbonyl (C=O) groups excluding carboxylic acids is 2. The second-order valence-electron chi connectivity index (χ2n) is 10.3. The summed E-state index contributed by atoms with van der Waals surface area (Å²) in [7, 11) is -2.41. The van der Waals surface area contributed by atoms with Gasteiger partial charge >= 0.3 is 6.03 Å². The van der Waals surface area contributed by atoms with Crippen molar-refractivity contribution in [3.63, 3.8) is 0 Å². The lowest BCUT2D eigenvalue weighted by molar-refractivity contribution is 0.0371. The van der Waals surface area contributed by atoms with E-state index in [9.17, 15) is 23.1 Å². The van der Waals surface area contributed by atoms with Crippen molar-refractivity contribution in [2.24, 2.45) is 5.92 Å². The van der Waals surface area contributed by atoms with Crippen molar-refractivity contribution in [2.45, 2.75) is 44.7 Å². The summed E-state index contributed by atoms with van der Waals surface area (Å²) in [6.07, 6.45) is -0.522. The van der Waals surface area contributed by atoms with Gasteiger partial charge in [0.25, 0.3) is 15.9 Å². The number of hydrogen-bond acceptors (Lipinski definition) is 8. The smallest absolute Gasteiger partial charge is 0.321 e. The highest BCUT2D eigenvalue weighted by Crippen LogP contribution is 2.32. The first-order chi connectivity index (χ1) is 19.4. The van der Waals surface area contributed by atoms with Crippen LogP contribution in [0.3, 0.4) is 0 Å². The third kappa shape index (κ3) is 6.63. The maximum atomic E-state index is 13.7. The van der Waals surface area contributed by atoms with Gasteiger partial charge in [-0.3, -0.25) is 9.52 Å². The molecule has 3 atom stereocenters. The van der Waals surface area contributed by atoms with Gasteiger partial charge in [-0.1, -0.05) is 30.3 Å². The number of benzene rings is 2. The number of nitrogens with one attached hydrogen (secondary N) is 2. The third-order valence-electron chi connectivity index (χ3n) is 6.98. The fourth-order valence-corrected chi connectivity index (χ4v) is 6.04. The highest BCUT2D eigenvalue weighted by Gasteiger charge is 2.34. The zero-order chi connectivity index (χ0) is 29.9. The van der Waals surface area contributed by atoms with Crippen LogP contribution in [0.5, 0.6) is 5.75 Å². The molecule has 1 aromatic heterocycles. The predicted molar refractivity (Wildman–Crippen MR) is 152 cm³/mol. The Morgan fingerprint density at radius 1 is 1.20 bits per heavy atom. The molecule has 2 aromatic carbocycles. The number of aliphatic hydroxyl groups is 1. The van der Waals surface area contributed by atoms with Crippen molar-refractivity contribution in [3.8, 4) is 5.75 Å². The molecule has 2 heterocycles. The Hall–Kier alpha value is -4.10. The summed E-state index contributed by atoms with van der Waals surface area (Å²) in [5, 5.41) is 16.5. The van der Waals surface area contributed by atoms with Crippen molar-refractivity contribution in [3.05, 3.63) is 65.5 Å². The number of para-hydroxylation sites is 1. The molecule has 0 unspecified atom stereocenters. The normalized spacial score (nSPS) is 18.0. The number of aromatic nitrogens is 1. The largest absolute Gasteiger partial charge is 0.487 e. The first kappa shape index (κ1) is 29.9. The molecule has 3 N–H and O–H groups in total. The van der Waals surface area contributed by atoms with Crippen LogP contribution in [0, 0.1) is 19.8 Å². The van der Waals surface area contributed by atoms with Crippen LogP contribution in [0.4, 0.5) is 16.2 Å².